The average Bonchev–Trinajstić information content (AvgIpc) is 2.38. The molecule has 1 heterocycles. The normalized spacial score (nSPS) is 20.9. The van der Waals surface area contributed by atoms with E-state index in [-0.39, 0.29) is 5.78 Å². The molecule has 0 saturated carbocycles. The predicted octanol–water partition coefficient (Wildman–Crippen LogP) is 3.79. The van der Waals surface area contributed by atoms with Crippen LogP contribution in [0.2, 0.25) is 5.02 Å². The number of hydrogen-bond donors (Lipinski definition) is 0. The van der Waals surface area contributed by atoms with E-state index in [1.807, 2.05) is 12.1 Å². The van der Waals surface area contributed by atoms with E-state index >= 15 is 0 Å². The van der Waals surface area contributed by atoms with Gasteiger partial charge in [0.25, 0.3) is 0 Å². The molecule has 2 rings (SSSR count). The van der Waals surface area contributed by atoms with Crippen molar-refractivity contribution in [1.29, 1.82) is 0 Å². The lowest BCUT2D eigenvalue weighted by molar-refractivity contribution is 0.0935. The number of nitrogens with zero attached hydrogens (tertiary/aromatic N) is 1. The average molecular weight is 266 g/mol. The van der Waals surface area contributed by atoms with Gasteiger partial charge in [0.1, 0.15) is 0 Å². The van der Waals surface area contributed by atoms with Gasteiger partial charge in [-0.1, -0.05) is 18.0 Å². The third kappa shape index (κ3) is 3.56. The molecule has 1 aromatic rings. The van der Waals surface area contributed by atoms with Crippen LogP contribution in [0.1, 0.15) is 43.0 Å². The van der Waals surface area contributed by atoms with Crippen LogP contribution in [-0.4, -0.2) is 29.8 Å². The lowest BCUT2D eigenvalue weighted by Gasteiger charge is -2.33. The fourth-order valence-corrected chi connectivity index (χ4v) is 2.64. The van der Waals surface area contributed by atoms with Crippen molar-refractivity contribution in [3.05, 3.63) is 34.9 Å². The highest BCUT2D eigenvalue weighted by Gasteiger charge is 2.18. The Hall–Kier alpha value is -0.860. The lowest BCUT2D eigenvalue weighted by Crippen LogP contribution is -2.38. The van der Waals surface area contributed by atoms with Gasteiger partial charge in [-0.05, 0) is 50.6 Å². The van der Waals surface area contributed by atoms with Crippen molar-refractivity contribution in [2.75, 3.05) is 13.1 Å². The number of carbonyl (C=O) groups excluding carboxylic acids is 1. The van der Waals surface area contributed by atoms with E-state index in [9.17, 15) is 4.79 Å². The molecule has 1 aliphatic heterocycles. The van der Waals surface area contributed by atoms with E-state index in [4.69, 9.17) is 11.6 Å². The number of Topliss-reactive ketones (excluding diaryl/α,β-unsaturated/α-hetero) is 1. The maximum atomic E-state index is 12.0. The van der Waals surface area contributed by atoms with Gasteiger partial charge in [0.2, 0.25) is 0 Å². The molecule has 0 aliphatic carbocycles. The Morgan fingerprint density at radius 2 is 2.06 bits per heavy atom. The van der Waals surface area contributed by atoms with E-state index in [0.717, 1.165) is 18.7 Å². The van der Waals surface area contributed by atoms with Gasteiger partial charge in [-0.15, -0.1) is 0 Å². The highest BCUT2D eigenvalue weighted by Crippen LogP contribution is 2.17. The zero-order valence-corrected chi connectivity index (χ0v) is 11.6. The second kappa shape index (κ2) is 6.35. The van der Waals surface area contributed by atoms with E-state index in [2.05, 4.69) is 11.8 Å². The van der Waals surface area contributed by atoms with Crippen molar-refractivity contribution >= 4 is 17.4 Å². The fraction of sp³-hybridized carbons (Fsp3) is 0.533. The van der Waals surface area contributed by atoms with Gasteiger partial charge < -0.3 is 4.90 Å². The summed E-state index contributed by atoms with van der Waals surface area (Å²) in [5.41, 5.74) is 0.768. The molecule has 0 radical (unpaired) electrons. The molecule has 1 saturated heterocycles. The quantitative estimate of drug-likeness (QED) is 0.772. The first-order valence-corrected chi connectivity index (χ1v) is 7.07. The molecule has 0 aromatic heterocycles. The molecule has 0 bridgehead atoms. The molecule has 0 N–H and O–H groups in total. The second-order valence-electron chi connectivity index (χ2n) is 5.06. The van der Waals surface area contributed by atoms with Gasteiger partial charge in [0.15, 0.2) is 5.78 Å². The minimum atomic E-state index is 0.212. The number of likely N-dealkylation sites (tertiary alicyclic amines) is 1. The number of carbonyl (C=O) groups is 1. The third-order valence-electron chi connectivity index (χ3n) is 3.73. The number of benzene rings is 1. The summed E-state index contributed by atoms with van der Waals surface area (Å²) in [6, 6.07) is 7.79. The molecule has 1 aromatic carbocycles. The number of piperidine rings is 1. The molecule has 1 atom stereocenters. The highest BCUT2D eigenvalue weighted by atomic mass is 35.5. The molecule has 1 unspecified atom stereocenters. The molecule has 98 valence electrons. The van der Waals surface area contributed by atoms with Crippen molar-refractivity contribution in [2.45, 2.75) is 38.6 Å². The largest absolute Gasteiger partial charge is 0.300 e. The van der Waals surface area contributed by atoms with Crippen LogP contribution in [0.5, 0.6) is 0 Å². The second-order valence-corrected chi connectivity index (χ2v) is 5.50. The molecule has 1 fully saturated rings. The van der Waals surface area contributed by atoms with E-state index in [1.165, 1.54) is 19.3 Å². The third-order valence-corrected chi connectivity index (χ3v) is 3.98. The topological polar surface area (TPSA) is 20.3 Å². The first-order valence-electron chi connectivity index (χ1n) is 6.69. The Balaban J connectivity index is 1.86. The summed E-state index contributed by atoms with van der Waals surface area (Å²) in [5, 5.41) is 0.677. The molecular formula is C15H20ClNO. The SMILES string of the molecule is CC1CCCCN1CCC(=O)c1ccc(Cl)cc1. The molecule has 1 aliphatic rings. The Kier molecular flexibility index (Phi) is 4.79. The van der Waals surface area contributed by atoms with E-state index in [0.29, 0.717) is 17.5 Å². The van der Waals surface area contributed by atoms with Gasteiger partial charge >= 0.3 is 0 Å². The maximum Gasteiger partial charge on any atom is 0.164 e. The Morgan fingerprint density at radius 1 is 1.33 bits per heavy atom. The van der Waals surface area contributed by atoms with Gasteiger partial charge in [0, 0.05) is 29.6 Å². The van der Waals surface area contributed by atoms with Crippen molar-refractivity contribution in [3.63, 3.8) is 0 Å². The first kappa shape index (κ1) is 13.6. The van der Waals surface area contributed by atoms with Crippen molar-refractivity contribution in [3.8, 4) is 0 Å². The molecule has 0 amide bonds. The number of ketones is 1. The lowest BCUT2D eigenvalue weighted by atomic mass is 10.0. The van der Waals surface area contributed by atoms with Crippen LogP contribution < -0.4 is 0 Å². The van der Waals surface area contributed by atoms with E-state index in [1.54, 1.807) is 12.1 Å². The van der Waals surface area contributed by atoms with Crippen LogP contribution in [-0.2, 0) is 0 Å². The smallest absolute Gasteiger partial charge is 0.164 e. The standard InChI is InChI=1S/C15H20ClNO/c1-12-4-2-3-10-17(12)11-9-15(18)13-5-7-14(16)8-6-13/h5-8,12H,2-4,9-11H2,1H3. The first-order chi connectivity index (χ1) is 8.66. The minimum absolute atomic E-state index is 0.212. The maximum absolute atomic E-state index is 12.0. The van der Waals surface area contributed by atoms with Crippen LogP contribution in [0.4, 0.5) is 0 Å². The summed E-state index contributed by atoms with van der Waals surface area (Å²) in [7, 11) is 0. The van der Waals surface area contributed by atoms with Crippen LogP contribution in [0.3, 0.4) is 0 Å². The Labute approximate surface area is 114 Å². The number of hydrogen-bond acceptors (Lipinski definition) is 2. The van der Waals surface area contributed by atoms with Gasteiger partial charge in [-0.25, -0.2) is 0 Å². The Bertz CT molecular complexity index is 401. The summed E-state index contributed by atoms with van der Waals surface area (Å²) >= 11 is 5.81. The summed E-state index contributed by atoms with van der Waals surface area (Å²) < 4.78 is 0. The zero-order valence-electron chi connectivity index (χ0n) is 10.9. The van der Waals surface area contributed by atoms with Crippen molar-refractivity contribution in [2.24, 2.45) is 0 Å². The molecule has 3 heteroatoms. The van der Waals surface area contributed by atoms with Gasteiger partial charge in [-0.2, -0.15) is 0 Å². The Morgan fingerprint density at radius 3 is 2.72 bits per heavy atom. The van der Waals surface area contributed by atoms with Gasteiger partial charge in [0.05, 0.1) is 0 Å². The van der Waals surface area contributed by atoms with E-state index < -0.39 is 0 Å². The summed E-state index contributed by atoms with van der Waals surface area (Å²) in [5.74, 6) is 0.212. The van der Waals surface area contributed by atoms with Crippen molar-refractivity contribution < 1.29 is 4.79 Å². The number of rotatable bonds is 4. The summed E-state index contributed by atoms with van der Waals surface area (Å²) in [4.78, 5) is 14.5. The molecule has 2 nitrogen and oxygen atoms in total. The summed E-state index contributed by atoms with van der Waals surface area (Å²) in [6.07, 6.45) is 4.45. The van der Waals surface area contributed by atoms with Crippen LogP contribution >= 0.6 is 11.6 Å². The fourth-order valence-electron chi connectivity index (χ4n) is 2.52. The predicted molar refractivity (Wildman–Crippen MR) is 75.3 cm³/mol. The molecular weight excluding hydrogens is 246 g/mol. The van der Waals surface area contributed by atoms with Crippen LogP contribution in [0, 0.1) is 0 Å². The summed E-state index contributed by atoms with van der Waals surface area (Å²) in [6.45, 7) is 4.27. The van der Waals surface area contributed by atoms with Crippen LogP contribution in [0.15, 0.2) is 24.3 Å². The number of halogens is 1. The zero-order chi connectivity index (χ0) is 13.0. The van der Waals surface area contributed by atoms with Gasteiger partial charge in [-0.3, -0.25) is 4.79 Å². The van der Waals surface area contributed by atoms with Crippen molar-refractivity contribution in [1.82, 2.24) is 4.90 Å². The van der Waals surface area contributed by atoms with Crippen LogP contribution in [0.25, 0.3) is 0 Å². The molecule has 0 spiro atoms. The molecule has 18 heavy (non-hydrogen) atoms. The monoisotopic (exact) mass is 265 g/mol. The minimum Gasteiger partial charge on any atom is -0.300 e. The highest BCUT2D eigenvalue weighted by molar-refractivity contribution is 6.30.